The molecule has 2 aromatic heterocycles. The Morgan fingerprint density at radius 3 is 2.35 bits per heavy atom. The Balaban J connectivity index is 1.37. The van der Waals surface area contributed by atoms with E-state index in [1.807, 2.05) is 19.3 Å². The Bertz CT molecular complexity index is 1170. The molecule has 4 aromatic rings. The second-order valence-electron chi connectivity index (χ2n) is 7.67. The first-order chi connectivity index (χ1) is 15.2. The van der Waals surface area contributed by atoms with Crippen molar-refractivity contribution in [3.63, 3.8) is 0 Å². The molecule has 3 heterocycles. The van der Waals surface area contributed by atoms with Crippen LogP contribution in [0.5, 0.6) is 0 Å². The number of rotatable bonds is 5. The molecule has 31 heavy (non-hydrogen) atoms. The van der Waals surface area contributed by atoms with Crippen molar-refractivity contribution < 1.29 is 4.39 Å². The van der Waals surface area contributed by atoms with E-state index < -0.39 is 0 Å². The van der Waals surface area contributed by atoms with Crippen LogP contribution in [-0.4, -0.2) is 45.9 Å². The van der Waals surface area contributed by atoms with E-state index in [9.17, 15) is 4.39 Å². The summed E-state index contributed by atoms with van der Waals surface area (Å²) in [5, 5.41) is 8.62. The molecule has 1 saturated heterocycles. The Labute approximate surface area is 180 Å². The molecule has 8 heteroatoms. The fourth-order valence-electron chi connectivity index (χ4n) is 3.93. The quantitative estimate of drug-likeness (QED) is 0.537. The number of nitrogens with one attached hydrogen (secondary N) is 1. The topological polar surface area (TPSA) is 62.1 Å². The summed E-state index contributed by atoms with van der Waals surface area (Å²) < 4.78 is 14.9. The summed E-state index contributed by atoms with van der Waals surface area (Å²) in [6, 6.07) is 16.9. The average Bonchev–Trinajstić information content (AvgIpc) is 3.19. The van der Waals surface area contributed by atoms with Crippen molar-refractivity contribution >= 4 is 28.5 Å². The van der Waals surface area contributed by atoms with E-state index in [1.54, 1.807) is 16.8 Å². The minimum atomic E-state index is -0.242. The van der Waals surface area contributed by atoms with Crippen molar-refractivity contribution in [3.05, 3.63) is 72.2 Å². The highest BCUT2D eigenvalue weighted by molar-refractivity contribution is 5.88. The van der Waals surface area contributed by atoms with E-state index in [2.05, 4.69) is 49.5 Å². The van der Waals surface area contributed by atoms with E-state index in [4.69, 9.17) is 4.98 Å². The fourth-order valence-corrected chi connectivity index (χ4v) is 3.93. The van der Waals surface area contributed by atoms with E-state index in [1.165, 1.54) is 17.8 Å². The van der Waals surface area contributed by atoms with Gasteiger partial charge in [0.05, 0.1) is 11.6 Å². The summed E-state index contributed by atoms with van der Waals surface area (Å²) in [5.74, 6) is 1.20. The summed E-state index contributed by atoms with van der Waals surface area (Å²) in [5.41, 5.74) is 3.00. The second kappa shape index (κ2) is 8.22. The van der Waals surface area contributed by atoms with Gasteiger partial charge < -0.3 is 15.1 Å². The maximum absolute atomic E-state index is 13.2. The van der Waals surface area contributed by atoms with Gasteiger partial charge in [-0.3, -0.25) is 4.68 Å². The van der Waals surface area contributed by atoms with Crippen molar-refractivity contribution in [2.45, 2.75) is 6.54 Å². The predicted molar refractivity (Wildman–Crippen MR) is 121 cm³/mol. The third-order valence-corrected chi connectivity index (χ3v) is 5.64. The molecule has 0 unspecified atom stereocenters. The van der Waals surface area contributed by atoms with Crippen LogP contribution < -0.4 is 15.1 Å². The Hall–Kier alpha value is -3.68. The van der Waals surface area contributed by atoms with Crippen LogP contribution in [-0.2, 0) is 13.6 Å². The van der Waals surface area contributed by atoms with Gasteiger partial charge in [0, 0.05) is 45.5 Å². The van der Waals surface area contributed by atoms with Gasteiger partial charge in [-0.25, -0.2) is 4.39 Å². The molecule has 0 atom stereocenters. The summed E-state index contributed by atoms with van der Waals surface area (Å²) in [7, 11) is 1.89. The van der Waals surface area contributed by atoms with Crippen LogP contribution in [0.25, 0.3) is 11.0 Å². The minimum Gasteiger partial charge on any atom is -0.368 e. The van der Waals surface area contributed by atoms with Crippen LogP contribution in [0.3, 0.4) is 0 Å². The van der Waals surface area contributed by atoms with E-state index in [-0.39, 0.29) is 5.82 Å². The third kappa shape index (κ3) is 4.01. The lowest BCUT2D eigenvalue weighted by Gasteiger charge is -2.37. The van der Waals surface area contributed by atoms with Crippen LogP contribution in [0.1, 0.15) is 5.56 Å². The monoisotopic (exact) mass is 417 g/mol. The molecule has 0 bridgehead atoms. The largest absolute Gasteiger partial charge is 0.368 e. The lowest BCUT2D eigenvalue weighted by atomic mass is 10.2. The molecule has 7 nitrogen and oxygen atoms in total. The van der Waals surface area contributed by atoms with Gasteiger partial charge in [-0.2, -0.15) is 15.1 Å². The number of fused-ring (bicyclic) bond motifs is 1. The molecule has 1 aliphatic heterocycles. The average molecular weight is 417 g/mol. The Morgan fingerprint density at radius 1 is 0.903 bits per heavy atom. The molecular formula is C23H24FN7. The molecule has 0 spiro atoms. The molecule has 0 aliphatic carbocycles. The first kappa shape index (κ1) is 19.3. The highest BCUT2D eigenvalue weighted by Gasteiger charge is 2.22. The Kier molecular flexibility index (Phi) is 5.11. The zero-order valence-corrected chi connectivity index (χ0v) is 17.4. The number of benzene rings is 2. The first-order valence-corrected chi connectivity index (χ1v) is 10.4. The van der Waals surface area contributed by atoms with Gasteiger partial charge in [-0.1, -0.05) is 30.3 Å². The summed E-state index contributed by atoms with van der Waals surface area (Å²) in [6.07, 6.45) is 1.83. The summed E-state index contributed by atoms with van der Waals surface area (Å²) in [4.78, 5) is 14.2. The lowest BCUT2D eigenvalue weighted by Crippen LogP contribution is -2.47. The van der Waals surface area contributed by atoms with Gasteiger partial charge in [0.1, 0.15) is 11.6 Å². The molecule has 0 saturated carbocycles. The number of para-hydroxylation sites is 1. The predicted octanol–water partition coefficient (Wildman–Crippen LogP) is 3.44. The molecular weight excluding hydrogens is 393 g/mol. The molecule has 158 valence electrons. The Morgan fingerprint density at radius 2 is 1.61 bits per heavy atom. The maximum atomic E-state index is 13.2. The van der Waals surface area contributed by atoms with Crippen molar-refractivity contribution in [1.29, 1.82) is 0 Å². The normalized spacial score (nSPS) is 14.3. The number of aryl methyl sites for hydroxylation is 1. The second-order valence-corrected chi connectivity index (χ2v) is 7.67. The first-order valence-electron chi connectivity index (χ1n) is 10.4. The van der Waals surface area contributed by atoms with Gasteiger partial charge >= 0.3 is 0 Å². The van der Waals surface area contributed by atoms with Gasteiger partial charge in [0.25, 0.3) is 0 Å². The number of hydrogen-bond donors (Lipinski definition) is 1. The summed E-state index contributed by atoms with van der Waals surface area (Å²) >= 11 is 0. The smallest absolute Gasteiger partial charge is 0.227 e. The standard InChI is InChI=1S/C23H24FN7/c1-29-21-20(16-26-29)22(28-23(27-21)25-15-17-7-9-18(24)10-8-17)31-13-11-30(12-14-31)19-5-3-2-4-6-19/h2-10,16H,11-15H2,1H3,(H,25,27,28). The maximum Gasteiger partial charge on any atom is 0.227 e. The van der Waals surface area contributed by atoms with Crippen molar-refractivity contribution in [2.24, 2.45) is 7.05 Å². The van der Waals surface area contributed by atoms with Gasteiger partial charge in [0.15, 0.2) is 5.65 Å². The number of nitrogens with zero attached hydrogens (tertiary/aromatic N) is 6. The number of anilines is 3. The zero-order chi connectivity index (χ0) is 21.2. The van der Waals surface area contributed by atoms with Crippen LogP contribution in [0, 0.1) is 5.82 Å². The zero-order valence-electron chi connectivity index (χ0n) is 17.4. The molecule has 0 amide bonds. The van der Waals surface area contributed by atoms with Crippen LogP contribution in [0.2, 0.25) is 0 Å². The molecule has 0 radical (unpaired) electrons. The highest BCUT2D eigenvalue weighted by atomic mass is 19.1. The highest BCUT2D eigenvalue weighted by Crippen LogP contribution is 2.27. The van der Waals surface area contributed by atoms with Gasteiger partial charge in [-0.15, -0.1) is 0 Å². The number of hydrogen-bond acceptors (Lipinski definition) is 6. The van der Waals surface area contributed by atoms with Crippen LogP contribution in [0.4, 0.5) is 21.8 Å². The number of piperazine rings is 1. The lowest BCUT2D eigenvalue weighted by molar-refractivity contribution is 0.627. The fraction of sp³-hybridized carbons (Fsp3) is 0.261. The van der Waals surface area contributed by atoms with Crippen molar-refractivity contribution in [2.75, 3.05) is 41.3 Å². The van der Waals surface area contributed by atoms with Gasteiger partial charge in [-0.05, 0) is 29.8 Å². The number of halogens is 1. The summed E-state index contributed by atoms with van der Waals surface area (Å²) in [6.45, 7) is 4.10. The molecule has 1 N–H and O–H groups in total. The third-order valence-electron chi connectivity index (χ3n) is 5.64. The van der Waals surface area contributed by atoms with E-state index in [0.717, 1.165) is 48.6 Å². The molecule has 1 aliphatic rings. The van der Waals surface area contributed by atoms with E-state index >= 15 is 0 Å². The molecule has 1 fully saturated rings. The van der Waals surface area contributed by atoms with Crippen molar-refractivity contribution in [1.82, 2.24) is 19.7 Å². The van der Waals surface area contributed by atoms with Gasteiger partial charge in [0.2, 0.25) is 5.95 Å². The minimum absolute atomic E-state index is 0.242. The molecule has 2 aromatic carbocycles. The van der Waals surface area contributed by atoms with E-state index in [0.29, 0.717) is 12.5 Å². The van der Waals surface area contributed by atoms with Crippen LogP contribution in [0.15, 0.2) is 60.8 Å². The van der Waals surface area contributed by atoms with Crippen LogP contribution >= 0.6 is 0 Å². The number of aromatic nitrogens is 4. The molecule has 5 rings (SSSR count). The SMILES string of the molecule is Cn1ncc2c(N3CCN(c4ccccc4)CC3)nc(NCc3ccc(F)cc3)nc21. The van der Waals surface area contributed by atoms with Crippen molar-refractivity contribution in [3.8, 4) is 0 Å².